The molecule has 0 spiro atoms. The molecule has 0 bridgehead atoms. The standard InChI is InChI=1S/C35H32O10/c1-42-22-12-7-20(8-13-22)10-15-24-29(38)25-17-21(36)11-16-27(25)44-35(24)45-34-32(41)31(40)30(39)28-26(37)18-23(43-33(28)34)14-9-19-5-3-2-4-6-19/h2-8,11-13,16-18,30-32,34,36,39-41H,9-10,14-15H2,1H3/t30-,31+,32+,34-/m0/s1. The van der Waals surface area contributed by atoms with E-state index in [9.17, 15) is 30.0 Å². The van der Waals surface area contributed by atoms with Crippen molar-refractivity contribution < 1.29 is 38.7 Å². The average molecular weight is 613 g/mol. The minimum atomic E-state index is -1.78. The van der Waals surface area contributed by atoms with E-state index in [1.165, 1.54) is 24.3 Å². The van der Waals surface area contributed by atoms with Crippen LogP contribution in [0.15, 0.2) is 97.3 Å². The summed E-state index contributed by atoms with van der Waals surface area (Å²) in [6.45, 7) is 0. The molecule has 0 aliphatic heterocycles. The van der Waals surface area contributed by atoms with Gasteiger partial charge in [-0.15, -0.1) is 0 Å². The number of aromatic hydroxyl groups is 1. The van der Waals surface area contributed by atoms with Gasteiger partial charge in [-0.05, 0) is 60.7 Å². The van der Waals surface area contributed by atoms with E-state index in [0.29, 0.717) is 30.8 Å². The largest absolute Gasteiger partial charge is 0.508 e. The molecule has 6 rings (SSSR count). The van der Waals surface area contributed by atoms with Gasteiger partial charge in [0, 0.05) is 12.5 Å². The molecule has 2 aromatic heterocycles. The molecule has 3 aromatic carbocycles. The number of ether oxygens (including phenoxy) is 2. The second kappa shape index (κ2) is 12.6. The summed E-state index contributed by atoms with van der Waals surface area (Å²) in [5.41, 5.74) is 0.862. The first-order chi connectivity index (χ1) is 21.7. The molecule has 45 heavy (non-hydrogen) atoms. The summed E-state index contributed by atoms with van der Waals surface area (Å²) in [7, 11) is 1.57. The van der Waals surface area contributed by atoms with E-state index < -0.39 is 35.3 Å². The van der Waals surface area contributed by atoms with Crippen LogP contribution in [0.5, 0.6) is 17.4 Å². The number of phenols is 1. The van der Waals surface area contributed by atoms with E-state index in [2.05, 4.69) is 0 Å². The Morgan fingerprint density at radius 3 is 2.22 bits per heavy atom. The third kappa shape index (κ3) is 6.08. The Hall–Kier alpha value is -4.90. The summed E-state index contributed by atoms with van der Waals surface area (Å²) in [6.07, 6.45) is -5.30. The Morgan fingerprint density at radius 2 is 1.49 bits per heavy atom. The van der Waals surface area contributed by atoms with E-state index >= 15 is 0 Å². The van der Waals surface area contributed by atoms with Crippen molar-refractivity contribution in [3.05, 3.63) is 133 Å². The predicted octanol–water partition coefficient (Wildman–Crippen LogP) is 3.92. The van der Waals surface area contributed by atoms with Crippen LogP contribution in [0.4, 0.5) is 0 Å². The van der Waals surface area contributed by atoms with Gasteiger partial charge < -0.3 is 38.7 Å². The predicted molar refractivity (Wildman–Crippen MR) is 164 cm³/mol. The molecule has 0 saturated carbocycles. The lowest BCUT2D eigenvalue weighted by Crippen LogP contribution is -2.46. The topological polar surface area (TPSA) is 160 Å². The first-order valence-corrected chi connectivity index (χ1v) is 14.6. The molecule has 5 aromatic rings. The zero-order chi connectivity index (χ0) is 31.7. The van der Waals surface area contributed by atoms with Crippen LogP contribution in [0.3, 0.4) is 0 Å². The van der Waals surface area contributed by atoms with Crippen molar-refractivity contribution in [2.24, 2.45) is 0 Å². The Kier molecular flexibility index (Phi) is 8.44. The van der Waals surface area contributed by atoms with Crippen LogP contribution in [0.25, 0.3) is 11.0 Å². The van der Waals surface area contributed by atoms with E-state index in [-0.39, 0.29) is 46.0 Å². The van der Waals surface area contributed by atoms with Crippen LogP contribution >= 0.6 is 0 Å². The molecule has 1 aliphatic carbocycles. The maximum Gasteiger partial charge on any atom is 0.292 e. The lowest BCUT2D eigenvalue weighted by Gasteiger charge is -2.35. The minimum absolute atomic E-state index is 0.112. The quantitative estimate of drug-likeness (QED) is 0.192. The Morgan fingerprint density at radius 1 is 0.778 bits per heavy atom. The fraction of sp³-hybridized carbons (Fsp3) is 0.257. The number of hydrogen-bond donors (Lipinski definition) is 4. The summed E-state index contributed by atoms with van der Waals surface area (Å²) in [6, 6.07) is 22.2. The van der Waals surface area contributed by atoms with Crippen molar-refractivity contribution in [1.29, 1.82) is 0 Å². The summed E-state index contributed by atoms with van der Waals surface area (Å²) in [4.78, 5) is 27.0. The summed E-state index contributed by atoms with van der Waals surface area (Å²) >= 11 is 0. The van der Waals surface area contributed by atoms with Gasteiger partial charge in [-0.3, -0.25) is 9.59 Å². The normalized spacial score (nSPS) is 19.3. The number of rotatable bonds is 9. The third-order valence-corrected chi connectivity index (χ3v) is 8.09. The van der Waals surface area contributed by atoms with Crippen molar-refractivity contribution in [2.45, 2.75) is 50.1 Å². The Bertz CT molecular complexity index is 1930. The highest BCUT2D eigenvalue weighted by atomic mass is 16.6. The van der Waals surface area contributed by atoms with Crippen LogP contribution in [0.2, 0.25) is 0 Å². The SMILES string of the molecule is COc1ccc(CCc2c(O[C@@H]3c4oc(CCc5ccccc5)cc(=O)c4[C@H](O)[C@@H](O)[C@H]3O)oc3ccc(O)cc3c2=O)cc1. The zero-order valence-corrected chi connectivity index (χ0v) is 24.4. The highest BCUT2D eigenvalue weighted by Gasteiger charge is 2.46. The van der Waals surface area contributed by atoms with Gasteiger partial charge in [-0.25, -0.2) is 0 Å². The van der Waals surface area contributed by atoms with Gasteiger partial charge in [0.2, 0.25) is 0 Å². The van der Waals surface area contributed by atoms with Crippen molar-refractivity contribution in [2.75, 3.05) is 7.11 Å². The van der Waals surface area contributed by atoms with E-state index in [0.717, 1.165) is 11.1 Å². The maximum absolute atomic E-state index is 13.7. The smallest absolute Gasteiger partial charge is 0.292 e. The van der Waals surface area contributed by atoms with Gasteiger partial charge in [0.05, 0.1) is 23.6 Å². The molecule has 10 nitrogen and oxygen atoms in total. The van der Waals surface area contributed by atoms with E-state index in [1.807, 2.05) is 42.5 Å². The summed E-state index contributed by atoms with van der Waals surface area (Å²) in [5.74, 6) is 0.442. The van der Waals surface area contributed by atoms with Crippen molar-refractivity contribution in [3.63, 3.8) is 0 Å². The monoisotopic (exact) mass is 612 g/mol. The highest BCUT2D eigenvalue weighted by molar-refractivity contribution is 5.79. The molecule has 0 saturated heterocycles. The van der Waals surface area contributed by atoms with E-state index in [1.54, 1.807) is 19.2 Å². The van der Waals surface area contributed by atoms with E-state index in [4.69, 9.17) is 18.3 Å². The molecular formula is C35H32O10. The van der Waals surface area contributed by atoms with Gasteiger partial charge in [0.1, 0.15) is 41.2 Å². The fourth-order valence-electron chi connectivity index (χ4n) is 5.61. The number of methoxy groups -OCH3 is 1. The number of phenolic OH excluding ortho intramolecular Hbond substituents is 1. The molecule has 0 amide bonds. The second-order valence-corrected chi connectivity index (χ2v) is 11.0. The summed E-state index contributed by atoms with van der Waals surface area (Å²) in [5, 5.41) is 42.8. The van der Waals surface area contributed by atoms with Crippen LogP contribution < -0.4 is 20.3 Å². The number of aliphatic hydroxyl groups is 3. The van der Waals surface area contributed by atoms with Crippen LogP contribution in [-0.4, -0.2) is 39.7 Å². The molecule has 0 unspecified atom stereocenters. The number of aryl methyl sites for hydroxylation is 3. The molecule has 0 radical (unpaired) electrons. The molecular weight excluding hydrogens is 580 g/mol. The first-order valence-electron chi connectivity index (χ1n) is 14.6. The molecule has 4 atom stereocenters. The molecule has 10 heteroatoms. The molecule has 4 N–H and O–H groups in total. The molecule has 232 valence electrons. The molecule has 0 fully saturated rings. The fourth-order valence-corrected chi connectivity index (χ4v) is 5.61. The first kappa shape index (κ1) is 30.1. The number of fused-ring (bicyclic) bond motifs is 2. The highest BCUT2D eigenvalue weighted by Crippen LogP contribution is 2.40. The lowest BCUT2D eigenvalue weighted by atomic mass is 9.87. The van der Waals surface area contributed by atoms with Crippen LogP contribution in [-0.2, 0) is 25.7 Å². The number of hydrogen-bond acceptors (Lipinski definition) is 10. The molecule has 1 aliphatic rings. The zero-order valence-electron chi connectivity index (χ0n) is 24.4. The Balaban J connectivity index is 1.40. The van der Waals surface area contributed by atoms with Gasteiger partial charge in [0.15, 0.2) is 22.7 Å². The minimum Gasteiger partial charge on any atom is -0.508 e. The van der Waals surface area contributed by atoms with Gasteiger partial charge in [-0.2, -0.15) is 0 Å². The Labute approximate surface area is 257 Å². The van der Waals surface area contributed by atoms with Gasteiger partial charge in [-0.1, -0.05) is 42.5 Å². The number of benzene rings is 3. The van der Waals surface area contributed by atoms with Crippen molar-refractivity contribution in [3.8, 4) is 17.4 Å². The van der Waals surface area contributed by atoms with Crippen LogP contribution in [0.1, 0.15) is 46.0 Å². The van der Waals surface area contributed by atoms with Gasteiger partial charge >= 0.3 is 0 Å². The van der Waals surface area contributed by atoms with Crippen molar-refractivity contribution >= 4 is 11.0 Å². The van der Waals surface area contributed by atoms with Crippen LogP contribution in [0, 0.1) is 0 Å². The average Bonchev–Trinajstić information content (AvgIpc) is 3.05. The summed E-state index contributed by atoms with van der Waals surface area (Å²) < 4.78 is 23.5. The third-order valence-electron chi connectivity index (χ3n) is 8.09. The molecule has 2 heterocycles. The van der Waals surface area contributed by atoms with Crippen molar-refractivity contribution in [1.82, 2.24) is 0 Å². The maximum atomic E-state index is 13.7. The number of aliphatic hydroxyl groups excluding tert-OH is 3. The second-order valence-electron chi connectivity index (χ2n) is 11.0. The lowest BCUT2D eigenvalue weighted by molar-refractivity contribution is -0.124. The van der Waals surface area contributed by atoms with Gasteiger partial charge in [0.25, 0.3) is 5.95 Å².